The lowest BCUT2D eigenvalue weighted by atomic mass is 9.92. The van der Waals surface area contributed by atoms with Crippen molar-refractivity contribution in [3.8, 4) is 11.5 Å². The van der Waals surface area contributed by atoms with Gasteiger partial charge in [-0.15, -0.1) is 0 Å². The van der Waals surface area contributed by atoms with E-state index in [1.54, 1.807) is 6.07 Å². The topological polar surface area (TPSA) is 53.7 Å². The van der Waals surface area contributed by atoms with Crippen molar-refractivity contribution >= 4 is 0 Å². The van der Waals surface area contributed by atoms with Crippen LogP contribution in [0.3, 0.4) is 0 Å². The number of rotatable bonds is 4. The Kier molecular flexibility index (Phi) is 3.73. The van der Waals surface area contributed by atoms with Crippen molar-refractivity contribution < 1.29 is 18.7 Å². The Morgan fingerprint density at radius 1 is 1.28 bits per heavy atom. The molecule has 0 radical (unpaired) electrons. The Labute approximate surface area is 106 Å². The summed E-state index contributed by atoms with van der Waals surface area (Å²) >= 11 is 0. The van der Waals surface area contributed by atoms with Crippen LogP contribution in [0.2, 0.25) is 0 Å². The van der Waals surface area contributed by atoms with Gasteiger partial charge in [0.2, 0.25) is 0 Å². The number of hydrogen-bond acceptors (Lipinski definition) is 4. The van der Waals surface area contributed by atoms with Crippen LogP contribution in [0, 0.1) is 0 Å². The zero-order valence-electron chi connectivity index (χ0n) is 10.7. The number of nitrogens with two attached hydrogens (primary N) is 1. The van der Waals surface area contributed by atoms with E-state index in [1.807, 2.05) is 6.07 Å². The Hall–Kier alpha value is -1.33. The van der Waals surface area contributed by atoms with Gasteiger partial charge in [-0.1, -0.05) is 0 Å². The molecule has 5 heteroatoms. The minimum absolute atomic E-state index is 0.336. The predicted molar refractivity (Wildman–Crippen MR) is 65.4 cm³/mol. The SMILES string of the molecule is CC(C)(F)c1cc2c(cc1CCON)OCCO2. The molecule has 0 spiro atoms. The largest absolute Gasteiger partial charge is 0.486 e. The highest BCUT2D eigenvalue weighted by atomic mass is 19.1. The summed E-state index contributed by atoms with van der Waals surface area (Å²) in [5.41, 5.74) is -0.0271. The van der Waals surface area contributed by atoms with Crippen LogP contribution in [-0.2, 0) is 16.9 Å². The van der Waals surface area contributed by atoms with Gasteiger partial charge in [0.25, 0.3) is 0 Å². The number of hydrogen-bond donors (Lipinski definition) is 1. The molecular formula is C13H18FNO3. The summed E-state index contributed by atoms with van der Waals surface area (Å²) in [7, 11) is 0. The average Bonchev–Trinajstić information content (AvgIpc) is 2.34. The monoisotopic (exact) mass is 255 g/mol. The van der Waals surface area contributed by atoms with E-state index in [0.717, 1.165) is 5.56 Å². The molecule has 0 saturated carbocycles. The lowest BCUT2D eigenvalue weighted by molar-refractivity contribution is 0.139. The molecule has 0 unspecified atom stereocenters. The Bertz CT molecular complexity index is 429. The number of halogens is 1. The second-order valence-corrected chi connectivity index (χ2v) is 4.75. The van der Waals surface area contributed by atoms with Gasteiger partial charge in [0.15, 0.2) is 11.5 Å². The van der Waals surface area contributed by atoms with Crippen LogP contribution in [0.25, 0.3) is 0 Å². The fraction of sp³-hybridized carbons (Fsp3) is 0.538. The zero-order valence-corrected chi connectivity index (χ0v) is 10.7. The maximum atomic E-state index is 14.2. The summed E-state index contributed by atoms with van der Waals surface area (Å²) in [6, 6.07) is 3.52. The van der Waals surface area contributed by atoms with Crippen molar-refractivity contribution in [2.75, 3.05) is 19.8 Å². The normalized spacial score (nSPS) is 14.7. The van der Waals surface area contributed by atoms with Gasteiger partial charge in [0, 0.05) is 0 Å². The molecule has 0 atom stereocenters. The van der Waals surface area contributed by atoms with E-state index in [4.69, 9.17) is 15.4 Å². The first-order valence-electron chi connectivity index (χ1n) is 5.96. The molecule has 0 saturated heterocycles. The molecule has 1 aromatic rings. The quantitative estimate of drug-likeness (QED) is 0.837. The van der Waals surface area contributed by atoms with E-state index in [-0.39, 0.29) is 0 Å². The van der Waals surface area contributed by atoms with Crippen molar-refractivity contribution in [2.45, 2.75) is 25.9 Å². The van der Waals surface area contributed by atoms with E-state index in [9.17, 15) is 4.39 Å². The number of alkyl halides is 1. The Morgan fingerprint density at radius 3 is 2.44 bits per heavy atom. The van der Waals surface area contributed by atoms with Gasteiger partial charge in [0.1, 0.15) is 18.9 Å². The van der Waals surface area contributed by atoms with Gasteiger partial charge >= 0.3 is 0 Å². The maximum Gasteiger partial charge on any atom is 0.161 e. The molecule has 2 N–H and O–H groups in total. The summed E-state index contributed by atoms with van der Waals surface area (Å²) in [6.07, 6.45) is 0.538. The zero-order chi connectivity index (χ0) is 13.2. The minimum atomic E-state index is -1.44. The molecule has 1 aliphatic rings. The van der Waals surface area contributed by atoms with Crippen LogP contribution in [-0.4, -0.2) is 19.8 Å². The fourth-order valence-corrected chi connectivity index (χ4v) is 2.06. The molecule has 100 valence electrons. The van der Waals surface area contributed by atoms with Crippen LogP contribution in [0.4, 0.5) is 4.39 Å². The van der Waals surface area contributed by atoms with Crippen LogP contribution < -0.4 is 15.4 Å². The molecule has 0 aliphatic carbocycles. The van der Waals surface area contributed by atoms with Gasteiger partial charge < -0.3 is 14.3 Å². The van der Waals surface area contributed by atoms with Gasteiger partial charge in [0.05, 0.1) is 6.61 Å². The standard InChI is InChI=1S/C13H18FNO3/c1-13(2,14)10-8-12-11(16-5-6-17-12)7-9(10)3-4-18-15/h7-8H,3-6,15H2,1-2H3. The number of ether oxygens (including phenoxy) is 2. The Balaban J connectivity index is 2.41. The minimum Gasteiger partial charge on any atom is -0.486 e. The van der Waals surface area contributed by atoms with Crippen molar-refractivity contribution in [1.82, 2.24) is 0 Å². The number of benzene rings is 1. The lowest BCUT2D eigenvalue weighted by Crippen LogP contribution is -2.19. The summed E-state index contributed by atoms with van der Waals surface area (Å²) in [5, 5.41) is 0. The first kappa shape index (κ1) is 13.1. The van der Waals surface area contributed by atoms with E-state index in [0.29, 0.717) is 43.3 Å². The maximum absolute atomic E-state index is 14.2. The van der Waals surface area contributed by atoms with E-state index < -0.39 is 5.67 Å². The van der Waals surface area contributed by atoms with Crippen LogP contribution in [0.5, 0.6) is 11.5 Å². The Morgan fingerprint density at radius 2 is 1.89 bits per heavy atom. The molecule has 1 aliphatic heterocycles. The van der Waals surface area contributed by atoms with Crippen LogP contribution in [0.15, 0.2) is 12.1 Å². The van der Waals surface area contributed by atoms with Crippen molar-refractivity contribution in [3.63, 3.8) is 0 Å². The molecular weight excluding hydrogens is 237 g/mol. The molecule has 0 aromatic heterocycles. The molecule has 0 bridgehead atoms. The van der Waals surface area contributed by atoms with E-state index in [1.165, 1.54) is 13.8 Å². The number of fused-ring (bicyclic) bond motifs is 1. The molecule has 2 rings (SSSR count). The highest BCUT2D eigenvalue weighted by Gasteiger charge is 2.26. The summed E-state index contributed by atoms with van der Waals surface area (Å²) in [4.78, 5) is 4.56. The second kappa shape index (κ2) is 5.12. The van der Waals surface area contributed by atoms with E-state index in [2.05, 4.69) is 4.84 Å². The molecule has 1 aromatic carbocycles. The second-order valence-electron chi connectivity index (χ2n) is 4.75. The average molecular weight is 255 g/mol. The van der Waals surface area contributed by atoms with E-state index >= 15 is 0 Å². The predicted octanol–water partition coefficient (Wildman–Crippen LogP) is 2.10. The highest BCUT2D eigenvalue weighted by molar-refractivity contribution is 5.49. The summed E-state index contributed by atoms with van der Waals surface area (Å²) < 4.78 is 25.2. The van der Waals surface area contributed by atoms with Crippen LogP contribution in [0.1, 0.15) is 25.0 Å². The highest BCUT2D eigenvalue weighted by Crippen LogP contribution is 2.38. The molecule has 18 heavy (non-hydrogen) atoms. The molecule has 1 heterocycles. The van der Waals surface area contributed by atoms with Gasteiger partial charge in [-0.05, 0) is 43.5 Å². The van der Waals surface area contributed by atoms with Gasteiger partial charge in [-0.3, -0.25) is 0 Å². The van der Waals surface area contributed by atoms with Crippen LogP contribution >= 0.6 is 0 Å². The summed E-state index contributed by atoms with van der Waals surface area (Å²) in [5.74, 6) is 6.27. The summed E-state index contributed by atoms with van der Waals surface area (Å²) in [6.45, 7) is 4.38. The molecule has 0 fully saturated rings. The molecule has 4 nitrogen and oxygen atoms in total. The smallest absolute Gasteiger partial charge is 0.161 e. The first-order chi connectivity index (χ1) is 8.52. The molecule has 0 amide bonds. The van der Waals surface area contributed by atoms with Crippen molar-refractivity contribution in [3.05, 3.63) is 23.3 Å². The van der Waals surface area contributed by atoms with Crippen molar-refractivity contribution in [2.24, 2.45) is 5.90 Å². The lowest BCUT2D eigenvalue weighted by Gasteiger charge is -2.25. The third-order valence-corrected chi connectivity index (χ3v) is 2.90. The van der Waals surface area contributed by atoms with Gasteiger partial charge in [-0.2, -0.15) is 0 Å². The third-order valence-electron chi connectivity index (χ3n) is 2.90. The fourth-order valence-electron chi connectivity index (χ4n) is 2.06. The van der Waals surface area contributed by atoms with Gasteiger partial charge in [-0.25, -0.2) is 10.3 Å². The third kappa shape index (κ3) is 2.73. The first-order valence-corrected chi connectivity index (χ1v) is 5.96. The van der Waals surface area contributed by atoms with Crippen molar-refractivity contribution in [1.29, 1.82) is 0 Å².